The van der Waals surface area contributed by atoms with Crippen LogP contribution in [-0.2, 0) is 11.3 Å². The summed E-state index contributed by atoms with van der Waals surface area (Å²) in [6.07, 6.45) is 4.42. The number of alkyl halides is 1. The van der Waals surface area contributed by atoms with Gasteiger partial charge in [-0.05, 0) is 55.3 Å². The number of furan rings is 1. The Balaban J connectivity index is 1.11. The van der Waals surface area contributed by atoms with E-state index < -0.39 is 23.1 Å². The normalized spacial score (nSPS) is 29.5. The maximum Gasteiger partial charge on any atom is 0.319 e. The molecule has 1 spiro atoms. The van der Waals surface area contributed by atoms with Crippen LogP contribution in [0.2, 0.25) is 0 Å². The lowest BCUT2D eigenvalue weighted by atomic mass is 9.78. The third kappa shape index (κ3) is 4.02. The zero-order valence-corrected chi connectivity index (χ0v) is 27.3. The predicted octanol–water partition coefficient (Wildman–Crippen LogP) is 4.50. The van der Waals surface area contributed by atoms with Gasteiger partial charge in [-0.3, -0.25) is 9.69 Å². The molecule has 50 heavy (non-hydrogen) atoms. The van der Waals surface area contributed by atoms with E-state index >= 15 is 4.39 Å². The number of benzene rings is 2. The molecule has 0 saturated carbocycles. The third-order valence-corrected chi connectivity index (χ3v) is 12.5. The lowest BCUT2D eigenvalue weighted by Gasteiger charge is -2.41. The molecule has 0 radical (unpaired) electrons. The number of piperazine rings is 1. The number of pyridine rings is 1. The number of nitrogens with one attached hydrogen (secondary N) is 1. The fourth-order valence-corrected chi connectivity index (χ4v) is 10.4. The van der Waals surface area contributed by atoms with Crippen LogP contribution in [0.4, 0.5) is 14.6 Å². The molecule has 2 bridgehead atoms. The van der Waals surface area contributed by atoms with Gasteiger partial charge in [0.2, 0.25) is 0 Å². The van der Waals surface area contributed by atoms with Crippen LogP contribution < -0.4 is 20.5 Å². The maximum absolute atomic E-state index is 17.4. The Hall–Kier alpha value is -4.33. The first-order valence-electron chi connectivity index (χ1n) is 17.7. The minimum absolute atomic E-state index is 0.00640. The van der Waals surface area contributed by atoms with Crippen LogP contribution >= 0.6 is 0 Å². The van der Waals surface area contributed by atoms with Gasteiger partial charge in [-0.15, -0.1) is 0 Å². The minimum Gasteiger partial charge on any atom is -0.508 e. The molecule has 2 aromatic carbocycles. The summed E-state index contributed by atoms with van der Waals surface area (Å²) in [5.74, 6) is -0.394. The number of hydrogen-bond acceptors (Lipinski definition) is 10. The van der Waals surface area contributed by atoms with E-state index in [0.717, 1.165) is 25.8 Å². The largest absolute Gasteiger partial charge is 0.508 e. The number of ether oxygens (including phenoxy) is 2. The molecule has 5 aromatic rings. The molecule has 2 N–H and O–H groups in total. The van der Waals surface area contributed by atoms with E-state index in [2.05, 4.69) is 15.1 Å². The molecule has 6 aliphatic heterocycles. The number of phenolic OH excluding ortho intramolecular Hbond substituents is 1. The molecular formula is C37H36F2N6O5. The Morgan fingerprint density at radius 2 is 2.02 bits per heavy atom. The smallest absolute Gasteiger partial charge is 0.319 e. The molecule has 0 amide bonds. The first kappa shape index (κ1) is 29.4. The standard InChI is InChI=1S/C37H36F2N6O5/c38-20-11-37(14-36(16-48-17-36)15-43(37)12-20)18-50-35-41-31-30(39)29(24-10-22(46)9-19-1-4-27-23(28(19)24)6-8-49-27)34(47)44-7-5-26-25-3-2-21(40-25)13-45(26)33(42-35)32(31)44/h1,4,6,8-10,20-21,25-26,40,46H,2-3,5,7,11-18H2/t20-,21?,25?,26?,37-/m1/s1. The maximum atomic E-state index is 17.4. The van der Waals surface area contributed by atoms with E-state index in [1.807, 2.05) is 0 Å². The van der Waals surface area contributed by atoms with Crippen LogP contribution in [0.15, 0.2) is 45.8 Å². The summed E-state index contributed by atoms with van der Waals surface area (Å²) >= 11 is 0. The zero-order chi connectivity index (χ0) is 33.5. The summed E-state index contributed by atoms with van der Waals surface area (Å²) in [5, 5.41) is 16.5. The fourth-order valence-electron chi connectivity index (χ4n) is 10.4. The quantitative estimate of drug-likeness (QED) is 0.281. The Kier molecular flexibility index (Phi) is 5.96. The van der Waals surface area contributed by atoms with Gasteiger partial charge in [-0.25, -0.2) is 8.78 Å². The Labute approximate surface area is 284 Å². The van der Waals surface area contributed by atoms with E-state index in [4.69, 9.17) is 23.9 Å². The number of hydrogen-bond donors (Lipinski definition) is 2. The van der Waals surface area contributed by atoms with Crippen molar-refractivity contribution in [3.63, 3.8) is 0 Å². The third-order valence-electron chi connectivity index (χ3n) is 12.5. The molecule has 3 unspecified atom stereocenters. The Morgan fingerprint density at radius 3 is 2.88 bits per heavy atom. The van der Waals surface area contributed by atoms with Crippen LogP contribution in [0.3, 0.4) is 0 Å². The van der Waals surface area contributed by atoms with Gasteiger partial charge in [0.15, 0.2) is 11.6 Å². The zero-order valence-electron chi connectivity index (χ0n) is 27.3. The molecule has 258 valence electrons. The van der Waals surface area contributed by atoms with Gasteiger partial charge >= 0.3 is 6.01 Å². The molecule has 6 aliphatic rings. The first-order valence-corrected chi connectivity index (χ1v) is 17.7. The monoisotopic (exact) mass is 682 g/mol. The van der Waals surface area contributed by atoms with E-state index in [9.17, 15) is 14.3 Å². The van der Waals surface area contributed by atoms with Crippen molar-refractivity contribution in [2.24, 2.45) is 5.41 Å². The van der Waals surface area contributed by atoms with Crippen LogP contribution in [0.1, 0.15) is 32.1 Å². The van der Waals surface area contributed by atoms with E-state index in [-0.39, 0.29) is 58.6 Å². The van der Waals surface area contributed by atoms with E-state index in [1.165, 1.54) is 6.07 Å². The highest BCUT2D eigenvalue weighted by Crippen LogP contribution is 2.52. The molecule has 3 aromatic heterocycles. The fraction of sp³-hybridized carbons (Fsp3) is 0.486. The summed E-state index contributed by atoms with van der Waals surface area (Å²) in [7, 11) is 0. The SMILES string of the molecule is O=c1c(-c2cc(O)cc3ccc4occc4c23)c(F)c2nc(OC[C@]34C[C@@H](F)CN3CC3(COC3)C4)nc3c2n1CCC1C2CCC(CN31)N2. The second kappa shape index (κ2) is 10.1. The number of nitrogens with zero attached hydrogens (tertiary/aromatic N) is 5. The van der Waals surface area contributed by atoms with Crippen molar-refractivity contribution in [1.82, 2.24) is 24.8 Å². The number of rotatable bonds is 4. The topological polar surface area (TPSA) is 118 Å². The van der Waals surface area contributed by atoms with Gasteiger partial charge in [0, 0.05) is 72.5 Å². The van der Waals surface area contributed by atoms with Crippen molar-refractivity contribution >= 4 is 38.6 Å². The summed E-state index contributed by atoms with van der Waals surface area (Å²) < 4.78 is 51.6. The van der Waals surface area contributed by atoms with Crippen molar-refractivity contribution in [2.75, 3.05) is 44.4 Å². The number of anilines is 1. The molecule has 5 saturated heterocycles. The molecule has 11 nitrogen and oxygen atoms in total. The van der Waals surface area contributed by atoms with Crippen molar-refractivity contribution in [3.05, 3.63) is 52.8 Å². The van der Waals surface area contributed by atoms with Crippen LogP contribution in [0, 0.1) is 11.2 Å². The van der Waals surface area contributed by atoms with Crippen molar-refractivity contribution < 1.29 is 27.8 Å². The summed E-state index contributed by atoms with van der Waals surface area (Å²) in [5.41, 5.74) is -0.0150. The molecule has 5 atom stereocenters. The number of halogens is 2. The van der Waals surface area contributed by atoms with Gasteiger partial charge in [0.25, 0.3) is 5.56 Å². The average Bonchev–Trinajstić information content (AvgIpc) is 3.83. The highest BCUT2D eigenvalue weighted by atomic mass is 19.1. The van der Waals surface area contributed by atoms with Gasteiger partial charge in [-0.1, -0.05) is 6.07 Å². The number of phenols is 1. The number of aryl methyl sites for hydroxylation is 1. The van der Waals surface area contributed by atoms with Crippen LogP contribution in [0.25, 0.3) is 43.9 Å². The molecule has 0 aliphatic carbocycles. The van der Waals surface area contributed by atoms with Gasteiger partial charge in [-0.2, -0.15) is 9.97 Å². The van der Waals surface area contributed by atoms with E-state index in [0.29, 0.717) is 78.8 Å². The lowest BCUT2D eigenvalue weighted by molar-refractivity contribution is -0.108. The highest BCUT2D eigenvalue weighted by Gasteiger charge is 2.61. The van der Waals surface area contributed by atoms with Crippen molar-refractivity contribution in [2.45, 2.75) is 68.5 Å². The number of fused-ring (bicyclic) bond motifs is 9. The molecule has 9 heterocycles. The second-order valence-electron chi connectivity index (χ2n) is 15.6. The minimum atomic E-state index is -0.954. The molecule has 5 fully saturated rings. The molecule has 13 heteroatoms. The van der Waals surface area contributed by atoms with Crippen LogP contribution in [-0.4, -0.2) is 93.8 Å². The number of aromatic hydroxyl groups is 1. The predicted molar refractivity (Wildman–Crippen MR) is 181 cm³/mol. The summed E-state index contributed by atoms with van der Waals surface area (Å²) in [4.78, 5) is 28.8. The average molecular weight is 683 g/mol. The Bertz CT molecular complexity index is 2320. The molecular weight excluding hydrogens is 646 g/mol. The lowest BCUT2D eigenvalue weighted by Crippen LogP contribution is -2.58. The first-order chi connectivity index (χ1) is 24.3. The summed E-state index contributed by atoms with van der Waals surface area (Å²) in [6.45, 7) is 3.62. The number of aromatic nitrogens is 3. The second-order valence-corrected chi connectivity index (χ2v) is 15.6. The van der Waals surface area contributed by atoms with Gasteiger partial charge < -0.3 is 33.8 Å². The Morgan fingerprint density at radius 1 is 1.12 bits per heavy atom. The summed E-state index contributed by atoms with van der Waals surface area (Å²) in [6, 6.07) is 8.93. The van der Waals surface area contributed by atoms with Crippen molar-refractivity contribution in [3.8, 4) is 22.9 Å². The van der Waals surface area contributed by atoms with Crippen molar-refractivity contribution in [1.29, 1.82) is 0 Å². The highest BCUT2D eigenvalue weighted by molar-refractivity contribution is 6.14. The van der Waals surface area contributed by atoms with Crippen LogP contribution in [0.5, 0.6) is 11.8 Å². The van der Waals surface area contributed by atoms with Gasteiger partial charge in [0.05, 0.1) is 30.6 Å². The molecule has 11 rings (SSSR count). The van der Waals surface area contributed by atoms with Gasteiger partial charge in [0.1, 0.15) is 35.1 Å². The van der Waals surface area contributed by atoms with E-state index in [1.54, 1.807) is 35.1 Å².